The van der Waals surface area contributed by atoms with Gasteiger partial charge in [-0.15, -0.1) is 0 Å². The van der Waals surface area contributed by atoms with Gasteiger partial charge in [-0.3, -0.25) is 0 Å². The van der Waals surface area contributed by atoms with Gasteiger partial charge in [0.1, 0.15) is 18.0 Å². The molecule has 0 aromatic heterocycles. The van der Waals surface area contributed by atoms with Crippen molar-refractivity contribution in [3.63, 3.8) is 0 Å². The van der Waals surface area contributed by atoms with Crippen LogP contribution in [-0.4, -0.2) is 48.8 Å². The molecule has 0 aliphatic carbocycles. The van der Waals surface area contributed by atoms with Gasteiger partial charge in [-0.05, 0) is 33.6 Å². The van der Waals surface area contributed by atoms with Gasteiger partial charge < -0.3 is 40.3 Å². The Morgan fingerprint density at radius 3 is 2.12 bits per heavy atom. The monoisotopic (exact) mass is 412 g/mol. The van der Waals surface area contributed by atoms with E-state index in [1.807, 2.05) is 0 Å². The highest BCUT2D eigenvalue weighted by atomic mass is 79.9. The van der Waals surface area contributed by atoms with Crippen molar-refractivity contribution in [2.24, 2.45) is 0 Å². The van der Waals surface area contributed by atoms with Crippen LogP contribution in [-0.2, 0) is 0 Å². The summed E-state index contributed by atoms with van der Waals surface area (Å²) in [6.07, 6.45) is -4.27. The van der Waals surface area contributed by atoms with E-state index in [-0.39, 0.29) is 27.0 Å². The molecule has 8 nitrogen and oxygen atoms in total. The number of phenols is 3. The predicted molar refractivity (Wildman–Crippen MR) is 89.7 cm³/mol. The molecule has 0 saturated heterocycles. The number of halogens is 1. The quantitative estimate of drug-likeness (QED) is 0.264. The Morgan fingerprint density at radius 2 is 1.56 bits per heavy atom. The first-order valence-corrected chi connectivity index (χ1v) is 7.98. The molecule has 0 bridgehead atoms. The summed E-state index contributed by atoms with van der Waals surface area (Å²) in [6, 6.07) is 5.63. The van der Waals surface area contributed by atoms with E-state index >= 15 is 0 Å². The maximum absolute atomic E-state index is 10.5. The number of aromatic hydroxyl groups is 3. The molecule has 1 aliphatic heterocycles. The molecule has 0 spiro atoms. The second kappa shape index (κ2) is 6.39. The van der Waals surface area contributed by atoms with E-state index in [1.165, 1.54) is 24.3 Å². The molecule has 3 rings (SSSR count). The number of aliphatic hydroxyl groups excluding tert-OH is 2. The molecule has 0 amide bonds. The fraction of sp³-hybridized carbons (Fsp3) is 0.200. The zero-order chi connectivity index (χ0) is 18.5. The fourth-order valence-electron chi connectivity index (χ4n) is 2.83. The molecule has 0 fully saturated rings. The number of fused-ring (bicyclic) bond motifs is 1. The summed E-state index contributed by atoms with van der Waals surface area (Å²) in [6.45, 7) is 0. The molecule has 2 aromatic carbocycles. The van der Waals surface area contributed by atoms with Gasteiger partial charge in [0.05, 0.1) is 4.47 Å². The van der Waals surface area contributed by atoms with Gasteiger partial charge >= 0.3 is 7.12 Å². The van der Waals surface area contributed by atoms with E-state index < -0.39 is 36.9 Å². The van der Waals surface area contributed by atoms with Crippen LogP contribution in [0.2, 0.25) is 0 Å². The normalized spacial score (nSPS) is 22.2. The maximum Gasteiger partial charge on any atom is 0.490 e. The summed E-state index contributed by atoms with van der Waals surface area (Å²) in [5.41, 5.74) is -0.191. The third-order valence-electron chi connectivity index (χ3n) is 4.07. The van der Waals surface area contributed by atoms with E-state index in [0.717, 1.165) is 0 Å². The van der Waals surface area contributed by atoms with E-state index in [2.05, 4.69) is 15.9 Å². The average molecular weight is 413 g/mol. The maximum atomic E-state index is 10.5. The van der Waals surface area contributed by atoms with E-state index in [4.69, 9.17) is 4.74 Å². The average Bonchev–Trinajstić information content (AvgIpc) is 2.57. The molecular weight excluding hydrogens is 399 g/mol. The van der Waals surface area contributed by atoms with Gasteiger partial charge in [0, 0.05) is 11.0 Å². The number of hydrogen-bond acceptors (Lipinski definition) is 8. The first kappa shape index (κ1) is 17.8. The summed E-state index contributed by atoms with van der Waals surface area (Å²) in [5, 5.41) is 69.4. The molecule has 25 heavy (non-hydrogen) atoms. The Labute approximate surface area is 150 Å². The van der Waals surface area contributed by atoms with Gasteiger partial charge in [0.15, 0.2) is 17.6 Å². The largest absolute Gasteiger partial charge is 0.508 e. The Morgan fingerprint density at radius 1 is 0.960 bits per heavy atom. The first-order chi connectivity index (χ1) is 11.7. The highest BCUT2D eigenvalue weighted by Gasteiger charge is 2.43. The lowest BCUT2D eigenvalue weighted by molar-refractivity contribution is -0.0705. The van der Waals surface area contributed by atoms with Crippen LogP contribution in [0.1, 0.15) is 23.3 Å². The molecule has 1 heterocycles. The van der Waals surface area contributed by atoms with E-state index in [9.17, 15) is 35.6 Å². The highest BCUT2D eigenvalue weighted by molar-refractivity contribution is 9.10. The molecular formula is C15H14BBrO8. The van der Waals surface area contributed by atoms with Crippen LogP contribution in [0.4, 0.5) is 0 Å². The van der Waals surface area contributed by atoms with Crippen LogP contribution in [0.5, 0.6) is 23.0 Å². The minimum atomic E-state index is -2.11. The van der Waals surface area contributed by atoms with Gasteiger partial charge in [0.2, 0.25) is 5.75 Å². The van der Waals surface area contributed by atoms with Crippen molar-refractivity contribution in [2.75, 3.05) is 0 Å². The molecule has 132 valence electrons. The molecule has 2 aromatic rings. The van der Waals surface area contributed by atoms with Crippen molar-refractivity contribution < 1.29 is 40.3 Å². The minimum Gasteiger partial charge on any atom is -0.508 e. The second-order valence-electron chi connectivity index (χ2n) is 5.61. The number of hydrogen-bond donors (Lipinski definition) is 7. The van der Waals surface area contributed by atoms with Crippen LogP contribution < -0.4 is 10.2 Å². The van der Waals surface area contributed by atoms with Crippen LogP contribution in [0.15, 0.2) is 28.7 Å². The van der Waals surface area contributed by atoms with Crippen molar-refractivity contribution in [2.45, 2.75) is 18.3 Å². The SMILES string of the molecule is OB(O)c1c(Br)c(O)c(O)c2c1[C@@H](O)[C@@H](O)[C@@H](c1ccc(O)cc1)O2. The third kappa shape index (κ3) is 2.81. The molecule has 7 N–H and O–H groups in total. The molecule has 0 radical (unpaired) electrons. The van der Waals surface area contributed by atoms with Crippen molar-refractivity contribution in [1.29, 1.82) is 0 Å². The summed E-state index contributed by atoms with van der Waals surface area (Å²) in [5.74, 6) is -1.80. The smallest absolute Gasteiger partial charge is 0.490 e. The number of phenolic OH excluding ortho intramolecular Hbond substituents is 3. The number of aliphatic hydroxyl groups is 2. The Balaban J connectivity index is 2.18. The summed E-state index contributed by atoms with van der Waals surface area (Å²) in [7, 11) is -2.11. The van der Waals surface area contributed by atoms with Crippen LogP contribution in [0, 0.1) is 0 Å². The lowest BCUT2D eigenvalue weighted by Gasteiger charge is -2.36. The summed E-state index contributed by atoms with van der Waals surface area (Å²) < 4.78 is 5.31. The summed E-state index contributed by atoms with van der Waals surface area (Å²) in [4.78, 5) is 0. The van der Waals surface area contributed by atoms with Gasteiger partial charge in [-0.25, -0.2) is 0 Å². The van der Waals surface area contributed by atoms with Gasteiger partial charge in [-0.2, -0.15) is 0 Å². The Hall–Kier alpha value is -1.98. The van der Waals surface area contributed by atoms with Crippen LogP contribution in [0.3, 0.4) is 0 Å². The molecule has 3 atom stereocenters. The van der Waals surface area contributed by atoms with E-state index in [0.29, 0.717) is 5.56 Å². The van der Waals surface area contributed by atoms with Crippen molar-refractivity contribution >= 4 is 28.5 Å². The first-order valence-electron chi connectivity index (χ1n) is 7.19. The van der Waals surface area contributed by atoms with Crippen LogP contribution in [0.25, 0.3) is 0 Å². The number of rotatable bonds is 2. The third-order valence-corrected chi connectivity index (χ3v) is 4.88. The standard InChI is InChI=1S/C15H14BBrO8/c17-9-8(16(23)24)7-10(19)12(21)14(5-1-3-6(18)4-2-5)25-15(7)13(22)11(9)20/h1-4,10,12,14,18-24H/t10-,12-,14-/m1/s1. The minimum absolute atomic E-state index is 0.00916. The van der Waals surface area contributed by atoms with Gasteiger partial charge in [0.25, 0.3) is 0 Å². The highest BCUT2D eigenvalue weighted by Crippen LogP contribution is 2.50. The lowest BCUT2D eigenvalue weighted by atomic mass is 9.73. The zero-order valence-electron chi connectivity index (χ0n) is 12.5. The molecule has 10 heteroatoms. The topological polar surface area (TPSA) is 151 Å². The van der Waals surface area contributed by atoms with Crippen molar-refractivity contribution in [3.05, 3.63) is 39.9 Å². The van der Waals surface area contributed by atoms with E-state index in [1.54, 1.807) is 0 Å². The lowest BCUT2D eigenvalue weighted by Crippen LogP contribution is -2.42. The number of benzene rings is 2. The molecule has 1 aliphatic rings. The fourth-order valence-corrected chi connectivity index (χ4v) is 3.44. The number of ether oxygens (including phenoxy) is 1. The molecule has 0 unspecified atom stereocenters. The van der Waals surface area contributed by atoms with Crippen molar-refractivity contribution in [3.8, 4) is 23.0 Å². The second-order valence-corrected chi connectivity index (χ2v) is 6.40. The van der Waals surface area contributed by atoms with Gasteiger partial charge in [-0.1, -0.05) is 12.1 Å². The summed E-state index contributed by atoms with van der Waals surface area (Å²) >= 11 is 2.92. The molecule has 0 saturated carbocycles. The Bertz CT molecular complexity index is 810. The predicted octanol–water partition coefficient (Wildman–Crippen LogP) is -0.226. The van der Waals surface area contributed by atoms with Crippen LogP contribution >= 0.6 is 15.9 Å². The van der Waals surface area contributed by atoms with Crippen molar-refractivity contribution in [1.82, 2.24) is 0 Å². The zero-order valence-corrected chi connectivity index (χ0v) is 14.1. The Kier molecular flexibility index (Phi) is 4.56.